The number of nitrogens with zero attached hydrogens (tertiary/aromatic N) is 1. The summed E-state index contributed by atoms with van der Waals surface area (Å²) in [5, 5.41) is 0. The second-order valence-corrected chi connectivity index (χ2v) is 8.32. The minimum atomic E-state index is -3.18. The standard InChI is InChI=1S/C14H29NO2S/c1-9-14(6,7)15(18(8,16)17)11-10-13(4,5)12(2)3/h2,9-11H2,1,3-8H3. The Labute approximate surface area is 113 Å². The molecule has 108 valence electrons. The summed E-state index contributed by atoms with van der Waals surface area (Å²) in [6.07, 6.45) is 2.88. The molecular weight excluding hydrogens is 246 g/mol. The molecule has 0 N–H and O–H groups in total. The van der Waals surface area contributed by atoms with E-state index in [1.807, 2.05) is 27.7 Å². The van der Waals surface area contributed by atoms with E-state index < -0.39 is 10.0 Å². The highest BCUT2D eigenvalue weighted by atomic mass is 32.2. The van der Waals surface area contributed by atoms with Gasteiger partial charge in [0, 0.05) is 12.1 Å². The van der Waals surface area contributed by atoms with E-state index in [1.54, 1.807) is 4.31 Å². The lowest BCUT2D eigenvalue weighted by atomic mass is 9.82. The van der Waals surface area contributed by atoms with Crippen LogP contribution in [0.2, 0.25) is 0 Å². The van der Waals surface area contributed by atoms with E-state index in [0.29, 0.717) is 6.54 Å². The summed E-state index contributed by atoms with van der Waals surface area (Å²) in [4.78, 5) is 0. The third-order valence-corrected chi connectivity index (χ3v) is 5.51. The van der Waals surface area contributed by atoms with Crippen LogP contribution in [0, 0.1) is 5.41 Å². The molecule has 4 heteroatoms. The van der Waals surface area contributed by atoms with Crippen LogP contribution < -0.4 is 0 Å². The van der Waals surface area contributed by atoms with Crippen LogP contribution in [-0.4, -0.2) is 31.1 Å². The summed E-state index contributed by atoms with van der Waals surface area (Å²) in [7, 11) is -3.18. The molecule has 18 heavy (non-hydrogen) atoms. The summed E-state index contributed by atoms with van der Waals surface area (Å²) in [6.45, 7) is 16.7. The van der Waals surface area contributed by atoms with Gasteiger partial charge in [-0.3, -0.25) is 0 Å². The maximum Gasteiger partial charge on any atom is 0.211 e. The van der Waals surface area contributed by atoms with Gasteiger partial charge in [0.25, 0.3) is 0 Å². The quantitative estimate of drug-likeness (QED) is 0.668. The monoisotopic (exact) mass is 275 g/mol. The van der Waals surface area contributed by atoms with Gasteiger partial charge in [-0.2, -0.15) is 4.31 Å². The molecule has 0 aromatic carbocycles. The zero-order valence-corrected chi connectivity index (χ0v) is 13.8. The van der Waals surface area contributed by atoms with E-state index in [-0.39, 0.29) is 11.0 Å². The number of allylic oxidation sites excluding steroid dienone is 1. The molecule has 0 fully saturated rings. The molecular formula is C14H29NO2S. The largest absolute Gasteiger partial charge is 0.212 e. The van der Waals surface area contributed by atoms with Crippen LogP contribution in [0.1, 0.15) is 54.4 Å². The number of rotatable bonds is 7. The van der Waals surface area contributed by atoms with Crippen molar-refractivity contribution in [1.29, 1.82) is 0 Å². The Balaban J connectivity index is 5.03. The Hall–Kier alpha value is -0.350. The Bertz CT molecular complexity index is 394. The fourth-order valence-corrected chi connectivity index (χ4v) is 3.14. The molecule has 0 aromatic heterocycles. The highest BCUT2D eigenvalue weighted by Crippen LogP contribution is 2.31. The SMILES string of the molecule is C=C(C)C(C)(C)CCN(C(C)(C)CC)S(C)(=O)=O. The zero-order valence-electron chi connectivity index (χ0n) is 13.0. The van der Waals surface area contributed by atoms with E-state index >= 15 is 0 Å². The normalized spacial score (nSPS) is 14.0. The van der Waals surface area contributed by atoms with Crippen LogP contribution in [0.3, 0.4) is 0 Å². The van der Waals surface area contributed by atoms with Crippen LogP contribution in [0.15, 0.2) is 12.2 Å². The molecule has 0 spiro atoms. The van der Waals surface area contributed by atoms with Gasteiger partial charge < -0.3 is 0 Å². The maximum atomic E-state index is 11.9. The molecule has 0 saturated heterocycles. The molecule has 0 rings (SSSR count). The molecule has 0 aliphatic heterocycles. The van der Waals surface area contributed by atoms with E-state index in [1.165, 1.54) is 6.26 Å². The molecule has 0 amide bonds. The van der Waals surface area contributed by atoms with Crippen molar-refractivity contribution >= 4 is 10.0 Å². The van der Waals surface area contributed by atoms with Crippen molar-refractivity contribution in [3.05, 3.63) is 12.2 Å². The van der Waals surface area contributed by atoms with Gasteiger partial charge >= 0.3 is 0 Å². The van der Waals surface area contributed by atoms with Crippen molar-refractivity contribution in [1.82, 2.24) is 4.31 Å². The lowest BCUT2D eigenvalue weighted by Gasteiger charge is -2.38. The van der Waals surface area contributed by atoms with Gasteiger partial charge in [0.15, 0.2) is 0 Å². The molecule has 0 unspecified atom stereocenters. The summed E-state index contributed by atoms with van der Waals surface area (Å²) >= 11 is 0. The minimum absolute atomic E-state index is 0.0350. The number of hydrogen-bond donors (Lipinski definition) is 0. The van der Waals surface area contributed by atoms with Crippen LogP contribution in [0.25, 0.3) is 0 Å². The molecule has 0 atom stereocenters. The smallest absolute Gasteiger partial charge is 0.211 e. The van der Waals surface area contributed by atoms with Gasteiger partial charge in [-0.15, -0.1) is 0 Å². The van der Waals surface area contributed by atoms with Crippen molar-refractivity contribution in [2.24, 2.45) is 5.41 Å². The predicted molar refractivity (Wildman–Crippen MR) is 79.1 cm³/mol. The molecule has 0 saturated carbocycles. The van der Waals surface area contributed by atoms with E-state index in [9.17, 15) is 8.42 Å². The first-order valence-electron chi connectivity index (χ1n) is 6.48. The molecule has 0 aliphatic rings. The van der Waals surface area contributed by atoms with Crippen LogP contribution in [-0.2, 0) is 10.0 Å². The van der Waals surface area contributed by atoms with Crippen LogP contribution >= 0.6 is 0 Å². The minimum Gasteiger partial charge on any atom is -0.212 e. The Morgan fingerprint density at radius 1 is 1.22 bits per heavy atom. The van der Waals surface area contributed by atoms with E-state index in [4.69, 9.17) is 0 Å². The average molecular weight is 275 g/mol. The molecule has 0 bridgehead atoms. The second-order valence-electron chi connectivity index (χ2n) is 6.42. The second kappa shape index (κ2) is 5.74. The first-order chi connectivity index (χ1) is 7.84. The summed E-state index contributed by atoms with van der Waals surface area (Å²) in [6, 6.07) is 0. The van der Waals surface area contributed by atoms with Gasteiger partial charge in [-0.05, 0) is 39.0 Å². The topological polar surface area (TPSA) is 37.4 Å². The first-order valence-corrected chi connectivity index (χ1v) is 8.33. The molecule has 0 aromatic rings. The van der Waals surface area contributed by atoms with Gasteiger partial charge in [0.1, 0.15) is 0 Å². The third kappa shape index (κ3) is 4.73. The van der Waals surface area contributed by atoms with Gasteiger partial charge in [-0.25, -0.2) is 8.42 Å². The lowest BCUT2D eigenvalue weighted by molar-refractivity contribution is 0.200. The highest BCUT2D eigenvalue weighted by Gasteiger charge is 2.33. The van der Waals surface area contributed by atoms with Gasteiger partial charge in [0.2, 0.25) is 10.0 Å². The Morgan fingerprint density at radius 2 is 1.67 bits per heavy atom. The lowest BCUT2D eigenvalue weighted by Crippen LogP contribution is -2.48. The molecule has 0 heterocycles. The van der Waals surface area contributed by atoms with Crippen molar-refractivity contribution in [3.63, 3.8) is 0 Å². The van der Waals surface area contributed by atoms with Crippen molar-refractivity contribution in [2.75, 3.05) is 12.8 Å². The molecule has 0 radical (unpaired) electrons. The Morgan fingerprint density at radius 3 is 1.94 bits per heavy atom. The first kappa shape index (κ1) is 17.6. The summed E-state index contributed by atoms with van der Waals surface area (Å²) in [5.41, 5.74) is 0.719. The number of hydrogen-bond acceptors (Lipinski definition) is 2. The highest BCUT2D eigenvalue weighted by molar-refractivity contribution is 7.88. The van der Waals surface area contributed by atoms with E-state index in [0.717, 1.165) is 18.4 Å². The predicted octanol–water partition coefficient (Wildman–Crippen LogP) is 3.43. The fourth-order valence-electron chi connectivity index (χ4n) is 1.69. The van der Waals surface area contributed by atoms with Crippen molar-refractivity contribution < 1.29 is 8.42 Å². The van der Waals surface area contributed by atoms with Crippen molar-refractivity contribution in [2.45, 2.75) is 59.9 Å². The molecule has 0 aliphatic carbocycles. The van der Waals surface area contributed by atoms with E-state index in [2.05, 4.69) is 20.4 Å². The fraction of sp³-hybridized carbons (Fsp3) is 0.857. The maximum absolute atomic E-state index is 11.9. The van der Waals surface area contributed by atoms with Gasteiger partial charge in [0.05, 0.1) is 6.26 Å². The van der Waals surface area contributed by atoms with Crippen LogP contribution in [0.4, 0.5) is 0 Å². The number of sulfonamides is 1. The van der Waals surface area contributed by atoms with Crippen LogP contribution in [0.5, 0.6) is 0 Å². The zero-order chi connectivity index (χ0) is 14.8. The average Bonchev–Trinajstić information content (AvgIpc) is 2.14. The molecule has 3 nitrogen and oxygen atoms in total. The summed E-state index contributed by atoms with van der Waals surface area (Å²) < 4.78 is 25.5. The summed E-state index contributed by atoms with van der Waals surface area (Å²) in [5.74, 6) is 0. The Kier molecular flexibility index (Phi) is 5.63. The van der Waals surface area contributed by atoms with Crippen molar-refractivity contribution in [3.8, 4) is 0 Å². The van der Waals surface area contributed by atoms with Gasteiger partial charge in [-0.1, -0.05) is 32.9 Å². The third-order valence-electron chi connectivity index (χ3n) is 4.04.